The maximum absolute atomic E-state index is 12.0. The first kappa shape index (κ1) is 17.3. The Labute approximate surface area is 129 Å². The van der Waals surface area contributed by atoms with Crippen LogP contribution >= 0.6 is 11.8 Å². The van der Waals surface area contributed by atoms with E-state index in [9.17, 15) is 14.9 Å². The average Bonchev–Trinajstić information content (AvgIpc) is 2.43. The van der Waals surface area contributed by atoms with Gasteiger partial charge in [-0.15, -0.1) is 0 Å². The van der Waals surface area contributed by atoms with Gasteiger partial charge in [0.15, 0.2) is 0 Å². The molecular weight excluding hydrogens is 290 g/mol. The van der Waals surface area contributed by atoms with Crippen LogP contribution in [0.25, 0.3) is 0 Å². The monoisotopic (exact) mass is 311 g/mol. The number of nitrogens with zero attached hydrogens (tertiary/aromatic N) is 2. The summed E-state index contributed by atoms with van der Waals surface area (Å²) in [5, 5.41) is 14.2. The minimum absolute atomic E-state index is 0.0257. The summed E-state index contributed by atoms with van der Waals surface area (Å²) in [6.07, 6.45) is 1.99. The minimum Gasteiger partial charge on any atom is -0.378 e. The van der Waals surface area contributed by atoms with Crippen LogP contribution in [0.3, 0.4) is 0 Å². The number of anilines is 1. The van der Waals surface area contributed by atoms with Crippen molar-refractivity contribution in [3.63, 3.8) is 0 Å². The summed E-state index contributed by atoms with van der Waals surface area (Å²) in [5.41, 5.74) is 0.770. The van der Waals surface area contributed by atoms with E-state index in [0.717, 1.165) is 0 Å². The lowest BCUT2D eigenvalue weighted by Gasteiger charge is -2.23. The highest BCUT2D eigenvalue weighted by atomic mass is 32.2. The maximum atomic E-state index is 12.0. The Kier molecular flexibility index (Phi) is 5.60. The van der Waals surface area contributed by atoms with Crippen molar-refractivity contribution in [2.45, 2.75) is 18.6 Å². The predicted octanol–water partition coefficient (Wildman–Crippen LogP) is 2.85. The molecule has 0 bridgehead atoms. The first-order valence-electron chi connectivity index (χ1n) is 6.47. The van der Waals surface area contributed by atoms with E-state index < -0.39 is 4.92 Å². The first-order valence-corrected chi connectivity index (χ1v) is 7.69. The van der Waals surface area contributed by atoms with E-state index in [4.69, 9.17) is 0 Å². The largest absolute Gasteiger partial charge is 0.378 e. The fourth-order valence-corrected chi connectivity index (χ4v) is 1.82. The van der Waals surface area contributed by atoms with Crippen LogP contribution in [0, 0.1) is 10.1 Å². The van der Waals surface area contributed by atoms with Crippen molar-refractivity contribution in [3.8, 4) is 0 Å². The summed E-state index contributed by atoms with van der Waals surface area (Å²) in [6.45, 7) is 4.66. The number of nitro benzene ring substituents is 1. The topological polar surface area (TPSA) is 75.5 Å². The second-order valence-corrected chi connectivity index (χ2v) is 7.02. The zero-order chi connectivity index (χ0) is 16.2. The molecule has 0 aliphatic heterocycles. The molecule has 1 aromatic rings. The number of nitrogens with one attached hydrogen (secondary N) is 1. The van der Waals surface area contributed by atoms with E-state index in [2.05, 4.69) is 5.32 Å². The fraction of sp³-hybridized carbons (Fsp3) is 0.500. The van der Waals surface area contributed by atoms with Crippen LogP contribution in [-0.2, 0) is 0 Å². The normalized spacial score (nSPS) is 11.1. The van der Waals surface area contributed by atoms with Gasteiger partial charge in [-0.25, -0.2) is 0 Å². The summed E-state index contributed by atoms with van der Waals surface area (Å²) < 4.78 is -0.0601. The summed E-state index contributed by atoms with van der Waals surface area (Å²) in [7, 11) is 3.29. The zero-order valence-electron chi connectivity index (χ0n) is 13.0. The third-order valence-corrected chi connectivity index (χ3v) is 4.35. The van der Waals surface area contributed by atoms with E-state index in [-0.39, 0.29) is 16.3 Å². The molecule has 1 rings (SSSR count). The highest BCUT2D eigenvalue weighted by molar-refractivity contribution is 7.99. The Bertz CT molecular complexity index is 544. The van der Waals surface area contributed by atoms with E-state index in [1.807, 2.05) is 20.1 Å². The quantitative estimate of drug-likeness (QED) is 0.646. The van der Waals surface area contributed by atoms with Crippen molar-refractivity contribution in [3.05, 3.63) is 33.9 Å². The highest BCUT2D eigenvalue weighted by Crippen LogP contribution is 2.28. The molecule has 116 valence electrons. The van der Waals surface area contributed by atoms with Crippen LogP contribution in [0.15, 0.2) is 18.2 Å². The number of hydrogen-bond donors (Lipinski definition) is 1. The third kappa shape index (κ3) is 4.63. The molecule has 0 saturated carbocycles. The molecule has 0 aliphatic rings. The maximum Gasteiger partial charge on any atom is 0.292 e. The summed E-state index contributed by atoms with van der Waals surface area (Å²) in [6, 6.07) is 4.38. The van der Waals surface area contributed by atoms with Gasteiger partial charge in [0.25, 0.3) is 11.6 Å². The van der Waals surface area contributed by atoms with Crippen LogP contribution < -0.4 is 5.32 Å². The fourth-order valence-electron chi connectivity index (χ4n) is 1.61. The van der Waals surface area contributed by atoms with Gasteiger partial charge in [0.1, 0.15) is 5.69 Å². The number of nitro groups is 1. The van der Waals surface area contributed by atoms with Crippen molar-refractivity contribution in [1.82, 2.24) is 4.90 Å². The zero-order valence-corrected chi connectivity index (χ0v) is 13.8. The molecule has 0 fully saturated rings. The Morgan fingerprint density at radius 3 is 2.52 bits per heavy atom. The van der Waals surface area contributed by atoms with Crippen LogP contribution in [0.5, 0.6) is 0 Å². The molecule has 7 heteroatoms. The van der Waals surface area contributed by atoms with Crippen molar-refractivity contribution < 1.29 is 9.72 Å². The molecule has 0 atom stereocenters. The SMILES string of the molecule is CSC(C)(C)CNc1cc(C(=O)N(C)C)ccc1[N+](=O)[O-]. The molecule has 0 spiro atoms. The predicted molar refractivity (Wildman–Crippen MR) is 87.2 cm³/mol. The molecular formula is C14H21N3O3S. The number of carbonyl (C=O) groups excluding carboxylic acids is 1. The standard InChI is InChI=1S/C14H21N3O3S/c1-14(2,21-5)9-15-11-8-10(13(18)16(3)4)6-7-12(11)17(19)20/h6-8,15H,9H2,1-5H3. The molecule has 0 aromatic heterocycles. The molecule has 0 radical (unpaired) electrons. The van der Waals surface area contributed by atoms with Gasteiger partial charge >= 0.3 is 0 Å². The van der Waals surface area contributed by atoms with Crippen molar-refractivity contribution in [1.29, 1.82) is 0 Å². The molecule has 6 nitrogen and oxygen atoms in total. The number of benzene rings is 1. The van der Waals surface area contributed by atoms with Crippen LogP contribution in [0.4, 0.5) is 11.4 Å². The second kappa shape index (κ2) is 6.80. The molecule has 1 amide bonds. The molecule has 0 aliphatic carbocycles. The molecule has 0 saturated heterocycles. The van der Waals surface area contributed by atoms with Crippen LogP contribution in [-0.4, -0.2) is 47.4 Å². The van der Waals surface area contributed by atoms with E-state index in [0.29, 0.717) is 17.8 Å². The number of amides is 1. The Morgan fingerprint density at radius 2 is 2.05 bits per heavy atom. The van der Waals surface area contributed by atoms with Gasteiger partial charge in [-0.2, -0.15) is 11.8 Å². The average molecular weight is 311 g/mol. The molecule has 1 aromatic carbocycles. The smallest absolute Gasteiger partial charge is 0.292 e. The second-order valence-electron chi connectivity index (χ2n) is 5.51. The van der Waals surface area contributed by atoms with Crippen molar-refractivity contribution in [2.24, 2.45) is 0 Å². The van der Waals surface area contributed by atoms with Gasteiger partial charge in [0.05, 0.1) is 4.92 Å². The van der Waals surface area contributed by atoms with Gasteiger partial charge in [0.2, 0.25) is 0 Å². The van der Waals surface area contributed by atoms with Gasteiger partial charge in [-0.1, -0.05) is 0 Å². The van der Waals surface area contributed by atoms with Crippen LogP contribution in [0.2, 0.25) is 0 Å². The summed E-state index contributed by atoms with van der Waals surface area (Å²) >= 11 is 1.67. The third-order valence-electron chi connectivity index (χ3n) is 3.10. The molecule has 1 N–H and O–H groups in total. The van der Waals surface area contributed by atoms with Gasteiger partial charge < -0.3 is 10.2 Å². The van der Waals surface area contributed by atoms with Gasteiger partial charge in [-0.05, 0) is 32.2 Å². The number of rotatable bonds is 6. The minimum atomic E-state index is -0.446. The van der Waals surface area contributed by atoms with E-state index in [1.165, 1.54) is 23.1 Å². The Hall–Kier alpha value is -1.76. The number of hydrogen-bond acceptors (Lipinski definition) is 5. The lowest BCUT2D eigenvalue weighted by Crippen LogP contribution is -2.26. The van der Waals surface area contributed by atoms with E-state index >= 15 is 0 Å². The number of thioether (sulfide) groups is 1. The summed E-state index contributed by atoms with van der Waals surface area (Å²) in [5.74, 6) is -0.183. The number of carbonyl (C=O) groups is 1. The van der Waals surface area contributed by atoms with Crippen molar-refractivity contribution in [2.75, 3.05) is 32.2 Å². The summed E-state index contributed by atoms with van der Waals surface area (Å²) in [4.78, 5) is 24.1. The molecule has 0 heterocycles. The van der Waals surface area contributed by atoms with Crippen molar-refractivity contribution >= 4 is 29.0 Å². The molecule has 21 heavy (non-hydrogen) atoms. The van der Waals surface area contributed by atoms with Gasteiger partial charge in [0, 0.05) is 37.0 Å². The Balaban J connectivity index is 3.10. The first-order chi connectivity index (χ1) is 9.68. The van der Waals surface area contributed by atoms with Gasteiger partial charge in [-0.3, -0.25) is 14.9 Å². The lowest BCUT2D eigenvalue weighted by atomic mass is 10.1. The van der Waals surface area contributed by atoms with Crippen LogP contribution in [0.1, 0.15) is 24.2 Å². The lowest BCUT2D eigenvalue weighted by molar-refractivity contribution is -0.384. The van der Waals surface area contributed by atoms with E-state index in [1.54, 1.807) is 25.9 Å². The Morgan fingerprint density at radius 1 is 1.43 bits per heavy atom. The highest BCUT2D eigenvalue weighted by Gasteiger charge is 2.21. The molecule has 0 unspecified atom stereocenters.